The van der Waals surface area contributed by atoms with Gasteiger partial charge in [0.25, 0.3) is 0 Å². The molecule has 0 aromatic heterocycles. The van der Waals surface area contributed by atoms with E-state index >= 15 is 0 Å². The Kier molecular flexibility index (Phi) is 16.4. The van der Waals surface area contributed by atoms with E-state index in [1.165, 1.54) is 11.9 Å². The third kappa shape index (κ3) is 10.6. The third-order valence-corrected chi connectivity index (χ3v) is 12.0. The van der Waals surface area contributed by atoms with E-state index in [2.05, 4.69) is 5.32 Å². The van der Waals surface area contributed by atoms with Crippen molar-refractivity contribution in [2.75, 3.05) is 99.5 Å². The Labute approximate surface area is 369 Å². The molecule has 1 amide bonds. The average Bonchev–Trinajstić information content (AvgIpc) is 3.92. The van der Waals surface area contributed by atoms with Crippen molar-refractivity contribution >= 4 is 17.8 Å². The second kappa shape index (κ2) is 21.9. The van der Waals surface area contributed by atoms with E-state index in [1.54, 1.807) is 31.2 Å². The van der Waals surface area contributed by atoms with Gasteiger partial charge in [-0.05, 0) is 47.9 Å². The number of nitrogens with zero attached hydrogens (tertiary/aromatic N) is 1. The number of ketones is 1. The van der Waals surface area contributed by atoms with Crippen molar-refractivity contribution in [1.29, 1.82) is 0 Å². The monoisotopic (exact) mass is 905 g/mol. The zero-order chi connectivity index (χ0) is 45.4. The SMILES string of the molecule is CC1OCCC2(COC(O[C@@H]3c4cc5c(cc4[C@@H](c4cc(CO)c(OC(=O)N(C)CCNCC(=O)COCCOCCOCCN)c(CO)c4)[C@H]4C(=O)OC[C@@H]43)OCO5)C(O)C2O)O1. The molecule has 2 aromatic rings. The highest BCUT2D eigenvalue weighted by Crippen LogP contribution is 2.56. The standard InChI is InChI=1S/C43H59N3O18/c1-24-57-7-3-43(64-24)22-59-41(36(50)39(43)51)62-38-30-16-33-32(60-23-61-33)15-29(30)34(35-31(38)21-58-40(35)52)25-13-26(18-47)37(27(14-25)19-48)63-42(53)46(2)6-5-45-17-28(49)20-56-12-11-55-10-9-54-8-4-44/h13-16,24,31,34-36,38-39,41,45,47-48,50-51H,3-12,17-23,44H2,1-2H3/t24?,31-,34+,35-,36?,38+,39?,41?,43?/m0/s1. The van der Waals surface area contributed by atoms with E-state index < -0.39 is 79.5 Å². The molecule has 4 aliphatic heterocycles. The molecule has 7 rings (SSSR count). The molecule has 0 bridgehead atoms. The maximum atomic E-state index is 13.8. The molecule has 3 saturated heterocycles. The first-order valence-electron chi connectivity index (χ1n) is 21.5. The Balaban J connectivity index is 1.03. The van der Waals surface area contributed by atoms with Crippen LogP contribution >= 0.6 is 0 Å². The lowest BCUT2D eigenvalue weighted by molar-refractivity contribution is -0.360. The van der Waals surface area contributed by atoms with Crippen LogP contribution in [0.4, 0.5) is 4.79 Å². The van der Waals surface area contributed by atoms with E-state index in [0.29, 0.717) is 67.8 Å². The summed E-state index contributed by atoms with van der Waals surface area (Å²) in [6.07, 6.45) is -6.24. The average molecular weight is 906 g/mol. The summed E-state index contributed by atoms with van der Waals surface area (Å²) in [6, 6.07) is 6.72. The van der Waals surface area contributed by atoms with Crippen LogP contribution in [0.2, 0.25) is 0 Å². The minimum absolute atomic E-state index is 0.0149. The van der Waals surface area contributed by atoms with Gasteiger partial charge in [-0.1, -0.05) is 0 Å². The molecule has 1 spiro atoms. The molecular weight excluding hydrogens is 846 g/mol. The highest BCUT2D eigenvalue weighted by molar-refractivity contribution is 5.81. The minimum atomic E-state index is -1.53. The van der Waals surface area contributed by atoms with Crippen LogP contribution in [-0.4, -0.2) is 173 Å². The smallest absolute Gasteiger partial charge is 0.415 e. The number of cyclic esters (lactones) is 1. The molecule has 2 aromatic carbocycles. The first-order valence-corrected chi connectivity index (χ1v) is 21.5. The normalized spacial score (nSPS) is 28.1. The maximum absolute atomic E-state index is 13.8. The van der Waals surface area contributed by atoms with Crippen LogP contribution in [0, 0.1) is 11.8 Å². The Morgan fingerprint density at radius 1 is 0.938 bits per heavy atom. The fraction of sp³-hybridized carbons (Fsp3) is 0.651. The number of aliphatic hydroxyl groups excluding tert-OH is 4. The molecule has 354 valence electrons. The molecule has 5 unspecified atom stereocenters. The number of hydrogen-bond donors (Lipinski definition) is 6. The highest BCUT2D eigenvalue weighted by atomic mass is 16.7. The number of nitrogens with two attached hydrogens (primary N) is 1. The fourth-order valence-electron chi connectivity index (χ4n) is 8.78. The van der Waals surface area contributed by atoms with Gasteiger partial charge in [0.05, 0.1) is 84.6 Å². The Morgan fingerprint density at radius 2 is 1.62 bits per heavy atom. The quantitative estimate of drug-likeness (QED) is 0.0686. The Morgan fingerprint density at radius 3 is 2.31 bits per heavy atom. The second-order valence-corrected chi connectivity index (χ2v) is 16.2. The number of aliphatic hydroxyl groups is 4. The number of benzene rings is 2. The Hall–Kier alpha value is -4.07. The number of hydrogen-bond acceptors (Lipinski definition) is 20. The lowest BCUT2D eigenvalue weighted by atomic mass is 9.66. The van der Waals surface area contributed by atoms with Crippen LogP contribution in [-0.2, 0) is 60.7 Å². The number of nitrogens with one attached hydrogen (secondary N) is 1. The van der Waals surface area contributed by atoms with Gasteiger partial charge in [0.15, 0.2) is 29.9 Å². The van der Waals surface area contributed by atoms with Crippen molar-refractivity contribution in [2.24, 2.45) is 17.6 Å². The summed E-state index contributed by atoms with van der Waals surface area (Å²) in [5, 5.41) is 47.0. The largest absolute Gasteiger partial charge is 0.465 e. The summed E-state index contributed by atoms with van der Waals surface area (Å²) >= 11 is 0. The number of fused-ring (bicyclic) bond motifs is 3. The summed E-state index contributed by atoms with van der Waals surface area (Å²) in [6.45, 7) is 3.24. The third-order valence-electron chi connectivity index (χ3n) is 12.0. The maximum Gasteiger partial charge on any atom is 0.415 e. The number of carbonyl (C=O) groups is 3. The molecule has 5 aliphatic rings. The number of carbonyl (C=O) groups excluding carboxylic acids is 3. The summed E-state index contributed by atoms with van der Waals surface area (Å²) in [4.78, 5) is 40.6. The van der Waals surface area contributed by atoms with Gasteiger partial charge in [0.2, 0.25) is 6.79 Å². The molecule has 7 N–H and O–H groups in total. The number of ether oxygens (including phenoxy) is 11. The van der Waals surface area contributed by atoms with Gasteiger partial charge in [-0.3, -0.25) is 9.59 Å². The molecule has 64 heavy (non-hydrogen) atoms. The molecular formula is C43H59N3O18. The van der Waals surface area contributed by atoms with Gasteiger partial charge in [0, 0.05) is 56.1 Å². The number of esters is 1. The number of likely N-dealkylation sites (N-methyl/N-ethyl adjacent to an activating group) is 1. The molecule has 9 atom stereocenters. The molecule has 0 saturated carbocycles. The van der Waals surface area contributed by atoms with Crippen LogP contribution in [0.5, 0.6) is 17.2 Å². The molecule has 3 fully saturated rings. The van der Waals surface area contributed by atoms with Crippen LogP contribution in [0.1, 0.15) is 53.2 Å². The topological polar surface area (TPSA) is 275 Å². The zero-order valence-electron chi connectivity index (χ0n) is 36.0. The van der Waals surface area contributed by atoms with Crippen LogP contribution in [0.3, 0.4) is 0 Å². The lowest BCUT2D eigenvalue weighted by Crippen LogP contribution is -2.65. The Bertz CT molecular complexity index is 1910. The van der Waals surface area contributed by atoms with Gasteiger partial charge in [0.1, 0.15) is 30.2 Å². The van der Waals surface area contributed by atoms with Crippen molar-refractivity contribution in [3.05, 3.63) is 52.1 Å². The molecule has 0 radical (unpaired) electrons. The van der Waals surface area contributed by atoms with Crippen molar-refractivity contribution in [1.82, 2.24) is 10.2 Å². The van der Waals surface area contributed by atoms with E-state index in [4.69, 9.17) is 57.8 Å². The summed E-state index contributed by atoms with van der Waals surface area (Å²) in [5.74, 6) is -2.17. The van der Waals surface area contributed by atoms with E-state index in [1.807, 2.05) is 0 Å². The zero-order valence-corrected chi connectivity index (χ0v) is 36.0. The van der Waals surface area contributed by atoms with Crippen LogP contribution in [0.25, 0.3) is 0 Å². The summed E-state index contributed by atoms with van der Waals surface area (Å²) in [7, 11) is 1.50. The predicted molar refractivity (Wildman–Crippen MR) is 218 cm³/mol. The lowest BCUT2D eigenvalue weighted by Gasteiger charge is -2.50. The summed E-state index contributed by atoms with van der Waals surface area (Å²) in [5.41, 5.74) is 6.17. The molecule has 1 aliphatic carbocycles. The first kappa shape index (κ1) is 47.9. The fourth-order valence-corrected chi connectivity index (χ4v) is 8.78. The first-order chi connectivity index (χ1) is 31.0. The van der Waals surface area contributed by atoms with Gasteiger partial charge in [-0.25, -0.2) is 4.79 Å². The van der Waals surface area contributed by atoms with Gasteiger partial charge in [-0.2, -0.15) is 0 Å². The van der Waals surface area contributed by atoms with Gasteiger partial charge in [-0.15, -0.1) is 0 Å². The van der Waals surface area contributed by atoms with Crippen LogP contribution in [0.15, 0.2) is 24.3 Å². The highest BCUT2D eigenvalue weighted by Gasteiger charge is 2.57. The summed E-state index contributed by atoms with van der Waals surface area (Å²) < 4.78 is 62.9. The minimum Gasteiger partial charge on any atom is -0.465 e. The number of rotatable bonds is 21. The van der Waals surface area contributed by atoms with Crippen molar-refractivity contribution in [3.63, 3.8) is 0 Å². The number of amides is 1. The van der Waals surface area contributed by atoms with Crippen LogP contribution < -0.4 is 25.3 Å². The van der Waals surface area contributed by atoms with E-state index in [0.717, 1.165) is 0 Å². The molecule has 21 heteroatoms. The number of Topliss-reactive ketones (excluding diaryl/α,β-unsaturated/α-hetero) is 1. The predicted octanol–water partition coefficient (Wildman–Crippen LogP) is -0.410. The second-order valence-electron chi connectivity index (χ2n) is 16.2. The van der Waals surface area contributed by atoms with Gasteiger partial charge < -0.3 is 88.5 Å². The molecule has 21 nitrogen and oxygen atoms in total. The van der Waals surface area contributed by atoms with E-state index in [9.17, 15) is 34.8 Å². The van der Waals surface area contributed by atoms with E-state index in [-0.39, 0.29) is 81.9 Å². The van der Waals surface area contributed by atoms with Crippen molar-refractivity contribution in [2.45, 2.75) is 69.0 Å². The van der Waals surface area contributed by atoms with Crippen molar-refractivity contribution < 1.29 is 86.9 Å². The molecule has 4 heterocycles. The van der Waals surface area contributed by atoms with Crippen molar-refractivity contribution in [3.8, 4) is 17.2 Å². The van der Waals surface area contributed by atoms with Gasteiger partial charge >= 0.3 is 12.1 Å².